The zero-order valence-corrected chi connectivity index (χ0v) is 9.65. The Kier molecular flexibility index (Phi) is 3.35. The second-order valence-electron chi connectivity index (χ2n) is 3.56. The molecule has 1 aliphatic rings. The molecule has 1 saturated heterocycles. The third kappa shape index (κ3) is 2.05. The number of aromatic nitrogens is 2. The van der Waals surface area contributed by atoms with Crippen molar-refractivity contribution in [1.82, 2.24) is 9.97 Å². The summed E-state index contributed by atoms with van der Waals surface area (Å²) in [6, 6.07) is 0.584. The molecular weight excluding hydrogens is 242 g/mol. The van der Waals surface area contributed by atoms with Crippen LogP contribution in [0.15, 0.2) is 18.6 Å². The van der Waals surface area contributed by atoms with Crippen molar-refractivity contribution in [3.63, 3.8) is 0 Å². The average molecular weight is 256 g/mol. The van der Waals surface area contributed by atoms with Crippen LogP contribution in [0.25, 0.3) is 0 Å². The van der Waals surface area contributed by atoms with E-state index >= 15 is 0 Å². The lowest BCUT2D eigenvalue weighted by atomic mass is 10.0. The molecule has 1 aromatic heterocycles. The fourth-order valence-corrected chi connectivity index (χ4v) is 2.58. The van der Waals surface area contributed by atoms with Gasteiger partial charge in [-0.1, -0.05) is 15.9 Å². The van der Waals surface area contributed by atoms with E-state index < -0.39 is 0 Å². The monoisotopic (exact) mass is 255 g/mol. The van der Waals surface area contributed by atoms with Crippen LogP contribution in [0.3, 0.4) is 0 Å². The SMILES string of the molecule is BrCC1CCCCN1c1cnccn1. The van der Waals surface area contributed by atoms with Crippen molar-refractivity contribution in [2.75, 3.05) is 16.8 Å². The van der Waals surface area contributed by atoms with Crippen LogP contribution in [0, 0.1) is 0 Å². The van der Waals surface area contributed by atoms with Gasteiger partial charge in [0, 0.05) is 30.3 Å². The van der Waals surface area contributed by atoms with Gasteiger partial charge < -0.3 is 4.90 Å². The first-order chi connectivity index (χ1) is 6.92. The van der Waals surface area contributed by atoms with Gasteiger partial charge >= 0.3 is 0 Å². The van der Waals surface area contributed by atoms with Crippen LogP contribution in [0.1, 0.15) is 19.3 Å². The van der Waals surface area contributed by atoms with Gasteiger partial charge in [0.1, 0.15) is 5.82 Å². The fraction of sp³-hybridized carbons (Fsp3) is 0.600. The number of nitrogens with zero attached hydrogens (tertiary/aromatic N) is 3. The van der Waals surface area contributed by atoms with Crippen LogP contribution in [-0.4, -0.2) is 27.9 Å². The van der Waals surface area contributed by atoms with Crippen molar-refractivity contribution in [2.24, 2.45) is 0 Å². The van der Waals surface area contributed by atoms with Crippen LogP contribution in [0.5, 0.6) is 0 Å². The molecule has 14 heavy (non-hydrogen) atoms. The quantitative estimate of drug-likeness (QED) is 0.760. The van der Waals surface area contributed by atoms with E-state index in [4.69, 9.17) is 0 Å². The molecule has 0 aromatic carbocycles. The van der Waals surface area contributed by atoms with E-state index in [1.807, 2.05) is 6.20 Å². The molecule has 3 nitrogen and oxygen atoms in total. The summed E-state index contributed by atoms with van der Waals surface area (Å²) < 4.78 is 0. The van der Waals surface area contributed by atoms with Crippen molar-refractivity contribution in [1.29, 1.82) is 0 Å². The molecule has 1 aliphatic heterocycles. The summed E-state index contributed by atoms with van der Waals surface area (Å²) in [6.45, 7) is 1.11. The smallest absolute Gasteiger partial charge is 0.147 e. The summed E-state index contributed by atoms with van der Waals surface area (Å²) in [5.74, 6) is 1.01. The number of alkyl halides is 1. The maximum absolute atomic E-state index is 4.34. The molecule has 2 rings (SSSR count). The number of piperidine rings is 1. The molecule has 1 atom stereocenters. The Hall–Kier alpha value is -0.640. The van der Waals surface area contributed by atoms with Crippen molar-refractivity contribution in [3.05, 3.63) is 18.6 Å². The first-order valence-electron chi connectivity index (χ1n) is 5.00. The fourth-order valence-electron chi connectivity index (χ4n) is 1.90. The van der Waals surface area contributed by atoms with Gasteiger partial charge in [-0.3, -0.25) is 4.98 Å². The van der Waals surface area contributed by atoms with Crippen LogP contribution >= 0.6 is 15.9 Å². The van der Waals surface area contributed by atoms with E-state index in [-0.39, 0.29) is 0 Å². The Morgan fingerprint density at radius 3 is 3.07 bits per heavy atom. The number of hydrogen-bond acceptors (Lipinski definition) is 3. The lowest BCUT2D eigenvalue weighted by molar-refractivity contribution is 0.487. The van der Waals surface area contributed by atoms with E-state index in [2.05, 4.69) is 30.8 Å². The van der Waals surface area contributed by atoms with Gasteiger partial charge in [-0.2, -0.15) is 0 Å². The van der Waals surface area contributed by atoms with Gasteiger partial charge in [0.15, 0.2) is 0 Å². The molecule has 76 valence electrons. The Morgan fingerprint density at radius 2 is 2.36 bits per heavy atom. The Labute approximate surface area is 92.7 Å². The molecular formula is C10H14BrN3. The summed E-state index contributed by atoms with van der Waals surface area (Å²) in [5, 5.41) is 1.02. The van der Waals surface area contributed by atoms with Gasteiger partial charge in [0.2, 0.25) is 0 Å². The van der Waals surface area contributed by atoms with Crippen molar-refractivity contribution >= 4 is 21.7 Å². The zero-order valence-electron chi connectivity index (χ0n) is 8.06. The largest absolute Gasteiger partial charge is 0.352 e. The number of hydrogen-bond donors (Lipinski definition) is 0. The molecule has 0 amide bonds. The molecule has 4 heteroatoms. The molecule has 0 radical (unpaired) electrons. The molecule has 0 spiro atoms. The van der Waals surface area contributed by atoms with Crippen LogP contribution < -0.4 is 4.90 Å². The highest BCUT2D eigenvalue weighted by Gasteiger charge is 2.22. The van der Waals surface area contributed by atoms with Crippen molar-refractivity contribution in [3.8, 4) is 0 Å². The molecule has 1 aromatic rings. The highest BCUT2D eigenvalue weighted by Crippen LogP contribution is 2.23. The summed E-state index contributed by atoms with van der Waals surface area (Å²) in [7, 11) is 0. The van der Waals surface area contributed by atoms with Crippen molar-refractivity contribution in [2.45, 2.75) is 25.3 Å². The predicted octanol–water partition coefficient (Wildman–Crippen LogP) is 2.23. The van der Waals surface area contributed by atoms with Gasteiger partial charge in [0.25, 0.3) is 0 Å². The zero-order chi connectivity index (χ0) is 9.80. The minimum Gasteiger partial charge on any atom is -0.352 e. The van der Waals surface area contributed by atoms with Gasteiger partial charge in [0.05, 0.1) is 6.20 Å². The highest BCUT2D eigenvalue weighted by molar-refractivity contribution is 9.09. The maximum atomic E-state index is 4.34. The third-order valence-electron chi connectivity index (χ3n) is 2.65. The maximum Gasteiger partial charge on any atom is 0.147 e. The summed E-state index contributed by atoms with van der Waals surface area (Å²) in [6.07, 6.45) is 9.17. The van der Waals surface area contributed by atoms with Crippen LogP contribution in [0.4, 0.5) is 5.82 Å². The summed E-state index contributed by atoms with van der Waals surface area (Å²) >= 11 is 3.56. The molecule has 0 aliphatic carbocycles. The normalized spacial score (nSPS) is 22.4. The van der Waals surface area contributed by atoms with Crippen LogP contribution in [-0.2, 0) is 0 Å². The lowest BCUT2D eigenvalue weighted by Crippen LogP contribution is -2.41. The van der Waals surface area contributed by atoms with E-state index in [0.29, 0.717) is 6.04 Å². The standard InChI is InChI=1S/C10H14BrN3/c11-7-9-3-1-2-6-14(9)10-8-12-4-5-13-10/h4-5,8-9H,1-3,6-7H2. The molecule has 0 bridgehead atoms. The Balaban J connectivity index is 2.15. The Bertz CT molecular complexity index is 278. The molecule has 0 N–H and O–H groups in total. The van der Waals surface area contributed by atoms with Gasteiger partial charge in [-0.15, -0.1) is 0 Å². The first kappa shape index (κ1) is 9.90. The molecule has 0 saturated carbocycles. The summed E-state index contributed by atoms with van der Waals surface area (Å²) in [5.41, 5.74) is 0. The Morgan fingerprint density at radius 1 is 1.43 bits per heavy atom. The number of anilines is 1. The van der Waals surface area contributed by atoms with Gasteiger partial charge in [-0.05, 0) is 19.3 Å². The van der Waals surface area contributed by atoms with Crippen molar-refractivity contribution < 1.29 is 0 Å². The lowest BCUT2D eigenvalue weighted by Gasteiger charge is -2.35. The summed E-state index contributed by atoms with van der Waals surface area (Å²) in [4.78, 5) is 10.8. The molecule has 1 unspecified atom stereocenters. The minimum atomic E-state index is 0.584. The third-order valence-corrected chi connectivity index (χ3v) is 3.40. The molecule has 1 fully saturated rings. The van der Waals surface area contributed by atoms with Gasteiger partial charge in [-0.25, -0.2) is 4.98 Å². The number of halogens is 1. The minimum absolute atomic E-state index is 0.584. The highest BCUT2D eigenvalue weighted by atomic mass is 79.9. The van der Waals surface area contributed by atoms with E-state index in [9.17, 15) is 0 Å². The average Bonchev–Trinajstić information content (AvgIpc) is 2.30. The predicted molar refractivity (Wildman–Crippen MR) is 60.8 cm³/mol. The van der Waals surface area contributed by atoms with Crippen LogP contribution in [0.2, 0.25) is 0 Å². The van der Waals surface area contributed by atoms with E-state index in [1.165, 1.54) is 19.3 Å². The second kappa shape index (κ2) is 4.73. The second-order valence-corrected chi connectivity index (χ2v) is 4.21. The number of rotatable bonds is 2. The topological polar surface area (TPSA) is 29.0 Å². The molecule has 2 heterocycles. The first-order valence-corrected chi connectivity index (χ1v) is 6.12. The van der Waals surface area contributed by atoms with E-state index in [1.54, 1.807) is 12.4 Å². The van der Waals surface area contributed by atoms with E-state index in [0.717, 1.165) is 17.7 Å².